The van der Waals surface area contributed by atoms with Gasteiger partial charge in [0.2, 0.25) is 0 Å². The molecule has 0 fully saturated rings. The van der Waals surface area contributed by atoms with Gasteiger partial charge in [-0.3, -0.25) is 4.98 Å². The Labute approximate surface area is 168 Å². The van der Waals surface area contributed by atoms with Gasteiger partial charge >= 0.3 is 6.22 Å². The normalized spacial score (nSPS) is 12.6. The first kappa shape index (κ1) is 22.0. The lowest BCUT2D eigenvalue weighted by molar-refractivity contribution is 0.175. The average Bonchev–Trinajstić information content (AvgIpc) is 2.71. The quantitative estimate of drug-likeness (QED) is 0.369. The highest BCUT2D eigenvalue weighted by Gasteiger charge is 2.14. The second-order valence-corrected chi connectivity index (χ2v) is 6.39. The SMILES string of the molecule is CCC(CF)NNc1ccc(/C(C)=C(\C#N)c2cc(OC(=O)F)ccc2C)nc1. The summed E-state index contributed by atoms with van der Waals surface area (Å²) in [6, 6.07) is 9.87. The van der Waals surface area contributed by atoms with Crippen LogP contribution in [0.2, 0.25) is 0 Å². The fourth-order valence-corrected chi connectivity index (χ4v) is 2.63. The van der Waals surface area contributed by atoms with Crippen molar-refractivity contribution in [2.45, 2.75) is 33.2 Å². The van der Waals surface area contributed by atoms with E-state index in [0.717, 1.165) is 5.56 Å². The number of hydrogen-bond donors (Lipinski definition) is 2. The first-order valence-electron chi connectivity index (χ1n) is 9.02. The molecule has 0 aliphatic carbocycles. The zero-order valence-electron chi connectivity index (χ0n) is 16.4. The number of anilines is 1. The molecule has 1 unspecified atom stereocenters. The zero-order valence-corrected chi connectivity index (χ0v) is 16.4. The van der Waals surface area contributed by atoms with E-state index >= 15 is 0 Å². The molecule has 2 N–H and O–H groups in total. The van der Waals surface area contributed by atoms with E-state index in [0.29, 0.717) is 34.5 Å². The summed E-state index contributed by atoms with van der Waals surface area (Å²) in [4.78, 5) is 14.9. The minimum atomic E-state index is -1.92. The first-order chi connectivity index (χ1) is 13.9. The van der Waals surface area contributed by atoms with Crippen molar-refractivity contribution in [2.24, 2.45) is 0 Å². The average molecular weight is 400 g/mol. The van der Waals surface area contributed by atoms with Crippen molar-refractivity contribution >= 4 is 23.1 Å². The summed E-state index contributed by atoms with van der Waals surface area (Å²) >= 11 is 0. The van der Waals surface area contributed by atoms with E-state index in [1.807, 2.05) is 6.92 Å². The molecule has 1 heterocycles. The highest BCUT2D eigenvalue weighted by molar-refractivity contribution is 5.97. The van der Waals surface area contributed by atoms with Crippen molar-refractivity contribution in [3.8, 4) is 11.8 Å². The number of carbonyl (C=O) groups is 1. The van der Waals surface area contributed by atoms with Gasteiger partial charge in [0.15, 0.2) is 0 Å². The summed E-state index contributed by atoms with van der Waals surface area (Å²) in [5.74, 6) is 0.00979. The van der Waals surface area contributed by atoms with Gasteiger partial charge in [0, 0.05) is 0 Å². The van der Waals surface area contributed by atoms with Crippen LogP contribution in [0.3, 0.4) is 0 Å². The van der Waals surface area contributed by atoms with Crippen molar-refractivity contribution in [1.82, 2.24) is 10.4 Å². The predicted molar refractivity (Wildman–Crippen MR) is 107 cm³/mol. The summed E-state index contributed by atoms with van der Waals surface area (Å²) < 4.78 is 29.8. The number of rotatable bonds is 8. The Hall–Kier alpha value is -3.31. The fraction of sp³-hybridized carbons (Fsp3) is 0.286. The summed E-state index contributed by atoms with van der Waals surface area (Å²) in [5, 5.41) is 9.69. The van der Waals surface area contributed by atoms with Crippen molar-refractivity contribution in [1.29, 1.82) is 5.26 Å². The van der Waals surface area contributed by atoms with E-state index in [4.69, 9.17) is 0 Å². The second kappa shape index (κ2) is 10.3. The molecule has 0 aliphatic heterocycles. The molecule has 0 bridgehead atoms. The number of nitriles is 1. The minimum absolute atomic E-state index is 0.00979. The second-order valence-electron chi connectivity index (χ2n) is 6.39. The highest BCUT2D eigenvalue weighted by atomic mass is 19.1. The smallest absolute Gasteiger partial charge is 0.401 e. The maximum absolute atomic E-state index is 12.7. The maximum atomic E-state index is 12.7. The predicted octanol–water partition coefficient (Wildman–Crippen LogP) is 4.98. The molecule has 0 aliphatic rings. The lowest BCUT2D eigenvalue weighted by Crippen LogP contribution is -2.35. The van der Waals surface area contributed by atoms with Gasteiger partial charge < -0.3 is 10.2 Å². The van der Waals surface area contributed by atoms with E-state index in [-0.39, 0.29) is 11.8 Å². The largest absolute Gasteiger partial charge is 0.500 e. The van der Waals surface area contributed by atoms with E-state index in [1.54, 1.807) is 38.2 Å². The van der Waals surface area contributed by atoms with Crippen LogP contribution in [0.25, 0.3) is 11.1 Å². The molecule has 1 aromatic heterocycles. The number of nitrogens with zero attached hydrogens (tertiary/aromatic N) is 2. The van der Waals surface area contributed by atoms with Gasteiger partial charge in [-0.25, -0.2) is 14.6 Å². The number of aryl methyl sites for hydroxylation is 1. The molecular weight excluding hydrogens is 378 g/mol. The minimum Gasteiger partial charge on any atom is -0.401 e. The van der Waals surface area contributed by atoms with Crippen LogP contribution in [0.5, 0.6) is 5.75 Å². The summed E-state index contributed by atoms with van der Waals surface area (Å²) in [6.07, 6.45) is 0.286. The molecule has 0 amide bonds. The van der Waals surface area contributed by atoms with Crippen LogP contribution >= 0.6 is 0 Å². The lowest BCUT2D eigenvalue weighted by Gasteiger charge is -2.15. The van der Waals surface area contributed by atoms with Crippen LogP contribution in [0.1, 0.15) is 37.1 Å². The number of halogens is 2. The molecule has 29 heavy (non-hydrogen) atoms. The number of aromatic nitrogens is 1. The van der Waals surface area contributed by atoms with Crippen molar-refractivity contribution < 1.29 is 18.3 Å². The van der Waals surface area contributed by atoms with Crippen LogP contribution < -0.4 is 15.6 Å². The molecule has 6 nitrogen and oxygen atoms in total. The van der Waals surface area contributed by atoms with Gasteiger partial charge in [-0.1, -0.05) is 13.0 Å². The van der Waals surface area contributed by atoms with E-state index in [9.17, 15) is 18.8 Å². The van der Waals surface area contributed by atoms with Crippen LogP contribution in [-0.2, 0) is 0 Å². The van der Waals surface area contributed by atoms with Gasteiger partial charge in [-0.2, -0.15) is 5.26 Å². The molecule has 0 saturated heterocycles. The van der Waals surface area contributed by atoms with E-state index in [2.05, 4.69) is 26.6 Å². The molecule has 0 radical (unpaired) electrons. The van der Waals surface area contributed by atoms with E-state index < -0.39 is 12.9 Å². The van der Waals surface area contributed by atoms with E-state index in [1.165, 1.54) is 12.1 Å². The summed E-state index contributed by atoms with van der Waals surface area (Å²) in [5.41, 5.74) is 9.21. The number of nitrogens with one attached hydrogen (secondary N) is 2. The Morgan fingerprint density at radius 1 is 1.34 bits per heavy atom. The number of benzene rings is 1. The van der Waals surface area contributed by atoms with Gasteiger partial charge in [0.05, 0.1) is 29.2 Å². The van der Waals surface area contributed by atoms with Crippen LogP contribution in [0.4, 0.5) is 19.3 Å². The zero-order chi connectivity index (χ0) is 21.4. The Morgan fingerprint density at radius 3 is 2.66 bits per heavy atom. The van der Waals surface area contributed by atoms with Gasteiger partial charge in [0.1, 0.15) is 18.5 Å². The number of ether oxygens (including phenoxy) is 1. The third kappa shape index (κ3) is 5.83. The van der Waals surface area contributed by atoms with Crippen molar-refractivity contribution in [3.05, 3.63) is 53.3 Å². The Balaban J connectivity index is 2.31. The third-order valence-corrected chi connectivity index (χ3v) is 4.41. The Kier molecular flexibility index (Phi) is 7.80. The van der Waals surface area contributed by atoms with Crippen LogP contribution in [0.15, 0.2) is 36.5 Å². The summed E-state index contributed by atoms with van der Waals surface area (Å²) in [7, 11) is 0. The topological polar surface area (TPSA) is 87.0 Å². The molecule has 1 atom stereocenters. The van der Waals surface area contributed by atoms with Crippen LogP contribution in [-0.4, -0.2) is 23.9 Å². The lowest BCUT2D eigenvalue weighted by atomic mass is 9.95. The van der Waals surface area contributed by atoms with Gasteiger partial charge in [-0.05, 0) is 61.2 Å². The molecule has 0 saturated carbocycles. The molecule has 2 aromatic rings. The van der Waals surface area contributed by atoms with Gasteiger partial charge in [0.25, 0.3) is 0 Å². The number of pyridine rings is 1. The van der Waals surface area contributed by atoms with Gasteiger partial charge in [-0.15, -0.1) is 4.39 Å². The fourth-order valence-electron chi connectivity index (χ4n) is 2.63. The number of alkyl halides is 1. The number of carbonyl (C=O) groups excluding carboxylic acids is 1. The Bertz CT molecular complexity index is 933. The molecular formula is C21H22F2N4O2. The van der Waals surface area contributed by atoms with Crippen molar-refractivity contribution in [3.63, 3.8) is 0 Å². The molecule has 8 heteroatoms. The number of allylic oxidation sites excluding steroid dienone is 2. The highest BCUT2D eigenvalue weighted by Crippen LogP contribution is 2.30. The standard InChI is InChI=1S/C21H22F2N4O2/c1-4-15(10-22)26-27-16-6-8-20(25-12-16)14(3)19(11-24)18-9-17(29-21(23)28)7-5-13(18)2/h5-9,12,15,26-27H,4,10H2,1-3H3/b19-14+. The molecule has 1 aromatic carbocycles. The maximum Gasteiger partial charge on any atom is 0.500 e. The Morgan fingerprint density at radius 2 is 2.10 bits per heavy atom. The van der Waals surface area contributed by atoms with Crippen molar-refractivity contribution in [2.75, 3.05) is 12.1 Å². The first-order valence-corrected chi connectivity index (χ1v) is 9.02. The summed E-state index contributed by atoms with van der Waals surface area (Å²) in [6.45, 7) is 4.93. The monoisotopic (exact) mass is 400 g/mol. The number of hydrogen-bond acceptors (Lipinski definition) is 6. The van der Waals surface area contributed by atoms with Crippen LogP contribution in [0, 0.1) is 18.3 Å². The number of hydrazine groups is 1. The molecule has 152 valence electrons. The molecule has 0 spiro atoms. The molecule has 2 rings (SSSR count). The third-order valence-electron chi connectivity index (χ3n) is 4.41.